The number of aromatic nitrogens is 2. The fourth-order valence-electron chi connectivity index (χ4n) is 1.19. The van der Waals surface area contributed by atoms with Crippen molar-refractivity contribution in [2.24, 2.45) is 0 Å². The molecule has 78 valence electrons. The molecular weight excluding hydrogens is 202 g/mol. The second-order valence-corrected chi connectivity index (χ2v) is 3.14. The molecule has 2 aromatic rings. The SMILES string of the molecule is N#Cc1ccnc(OCc2ccncc2)c1. The van der Waals surface area contributed by atoms with Gasteiger partial charge >= 0.3 is 0 Å². The molecular formula is C12H9N3O. The molecule has 0 saturated carbocycles. The van der Waals surface area contributed by atoms with Crippen molar-refractivity contribution in [3.05, 3.63) is 54.0 Å². The lowest BCUT2D eigenvalue weighted by Crippen LogP contribution is -1.97. The van der Waals surface area contributed by atoms with Crippen LogP contribution in [0.1, 0.15) is 11.1 Å². The molecule has 16 heavy (non-hydrogen) atoms. The zero-order valence-electron chi connectivity index (χ0n) is 8.50. The van der Waals surface area contributed by atoms with E-state index in [-0.39, 0.29) is 0 Å². The first-order chi connectivity index (χ1) is 7.88. The Morgan fingerprint density at radius 3 is 2.75 bits per heavy atom. The van der Waals surface area contributed by atoms with Crippen molar-refractivity contribution in [3.8, 4) is 11.9 Å². The minimum atomic E-state index is 0.421. The normalized spacial score (nSPS) is 9.44. The number of ether oxygens (including phenoxy) is 1. The average Bonchev–Trinajstić information content (AvgIpc) is 2.38. The molecule has 0 unspecified atom stereocenters. The zero-order chi connectivity index (χ0) is 11.2. The number of pyridine rings is 2. The molecule has 0 aliphatic heterocycles. The number of hydrogen-bond acceptors (Lipinski definition) is 4. The van der Waals surface area contributed by atoms with Crippen LogP contribution in [-0.2, 0) is 6.61 Å². The Hall–Kier alpha value is -2.41. The number of nitrogens with zero attached hydrogens (tertiary/aromatic N) is 3. The van der Waals surface area contributed by atoms with Gasteiger partial charge in [0.1, 0.15) is 6.61 Å². The van der Waals surface area contributed by atoms with E-state index in [2.05, 4.69) is 9.97 Å². The van der Waals surface area contributed by atoms with E-state index in [9.17, 15) is 0 Å². The standard InChI is InChI=1S/C12H9N3O/c13-8-11-3-6-15-12(7-11)16-9-10-1-4-14-5-2-10/h1-7H,9H2. The highest BCUT2D eigenvalue weighted by Crippen LogP contribution is 2.10. The van der Waals surface area contributed by atoms with Crippen LogP contribution in [0.4, 0.5) is 0 Å². The molecule has 4 nitrogen and oxygen atoms in total. The quantitative estimate of drug-likeness (QED) is 0.778. The Morgan fingerprint density at radius 1 is 1.19 bits per heavy atom. The van der Waals surface area contributed by atoms with E-state index in [4.69, 9.17) is 10.00 Å². The van der Waals surface area contributed by atoms with Gasteiger partial charge in [-0.3, -0.25) is 4.98 Å². The number of nitriles is 1. The fourth-order valence-corrected chi connectivity index (χ4v) is 1.19. The summed E-state index contributed by atoms with van der Waals surface area (Å²) in [6.45, 7) is 0.421. The Balaban J connectivity index is 2.03. The monoisotopic (exact) mass is 211 g/mol. The lowest BCUT2D eigenvalue weighted by atomic mass is 10.3. The molecule has 0 radical (unpaired) electrons. The third-order valence-corrected chi connectivity index (χ3v) is 2.00. The second kappa shape index (κ2) is 4.89. The van der Waals surface area contributed by atoms with Gasteiger partial charge < -0.3 is 4.74 Å². The molecule has 0 aliphatic rings. The summed E-state index contributed by atoms with van der Waals surface area (Å²) >= 11 is 0. The Labute approximate surface area is 93.2 Å². The maximum Gasteiger partial charge on any atom is 0.214 e. The van der Waals surface area contributed by atoms with Gasteiger partial charge in [0.25, 0.3) is 0 Å². The van der Waals surface area contributed by atoms with Crippen LogP contribution in [0.15, 0.2) is 42.9 Å². The van der Waals surface area contributed by atoms with Gasteiger partial charge in [-0.25, -0.2) is 4.98 Å². The van der Waals surface area contributed by atoms with Crippen molar-refractivity contribution in [1.82, 2.24) is 9.97 Å². The topological polar surface area (TPSA) is 58.8 Å². The maximum atomic E-state index is 8.71. The summed E-state index contributed by atoms with van der Waals surface area (Å²) < 4.78 is 5.44. The van der Waals surface area contributed by atoms with Crippen molar-refractivity contribution >= 4 is 0 Å². The van der Waals surface area contributed by atoms with Gasteiger partial charge in [0.2, 0.25) is 5.88 Å². The molecule has 2 heterocycles. The molecule has 0 aliphatic carbocycles. The lowest BCUT2D eigenvalue weighted by Gasteiger charge is -2.04. The van der Waals surface area contributed by atoms with Gasteiger partial charge in [-0.2, -0.15) is 5.26 Å². The molecule has 0 amide bonds. The van der Waals surface area contributed by atoms with E-state index in [1.165, 1.54) is 0 Å². The first-order valence-electron chi connectivity index (χ1n) is 4.76. The van der Waals surface area contributed by atoms with Gasteiger partial charge in [-0.1, -0.05) is 0 Å². The number of rotatable bonds is 3. The summed E-state index contributed by atoms with van der Waals surface area (Å²) in [5.74, 6) is 0.455. The van der Waals surface area contributed by atoms with Gasteiger partial charge in [0.15, 0.2) is 0 Å². The third-order valence-electron chi connectivity index (χ3n) is 2.00. The van der Waals surface area contributed by atoms with Gasteiger partial charge in [0.05, 0.1) is 11.6 Å². The predicted octanol–water partition coefficient (Wildman–Crippen LogP) is 1.93. The van der Waals surface area contributed by atoms with Gasteiger partial charge in [0, 0.05) is 24.7 Å². The highest BCUT2D eigenvalue weighted by Gasteiger charge is 1.98. The van der Waals surface area contributed by atoms with Crippen LogP contribution in [-0.4, -0.2) is 9.97 Å². The second-order valence-electron chi connectivity index (χ2n) is 3.14. The molecule has 4 heteroatoms. The zero-order valence-corrected chi connectivity index (χ0v) is 8.50. The van der Waals surface area contributed by atoms with Crippen molar-refractivity contribution in [1.29, 1.82) is 5.26 Å². The highest BCUT2D eigenvalue weighted by atomic mass is 16.5. The smallest absolute Gasteiger partial charge is 0.214 e. The van der Waals surface area contributed by atoms with E-state index in [1.54, 1.807) is 30.7 Å². The summed E-state index contributed by atoms with van der Waals surface area (Å²) in [4.78, 5) is 7.93. The van der Waals surface area contributed by atoms with Crippen LogP contribution in [0.25, 0.3) is 0 Å². The molecule has 0 spiro atoms. The molecule has 0 saturated heterocycles. The van der Waals surface area contributed by atoms with Crippen LogP contribution in [0.2, 0.25) is 0 Å². The van der Waals surface area contributed by atoms with Crippen LogP contribution < -0.4 is 4.74 Å². The van der Waals surface area contributed by atoms with E-state index in [1.807, 2.05) is 18.2 Å². The largest absolute Gasteiger partial charge is 0.473 e. The van der Waals surface area contributed by atoms with Crippen molar-refractivity contribution in [2.45, 2.75) is 6.61 Å². The van der Waals surface area contributed by atoms with Crippen LogP contribution in [0.3, 0.4) is 0 Å². The minimum absolute atomic E-state index is 0.421. The predicted molar refractivity (Wildman–Crippen MR) is 57.5 cm³/mol. The summed E-state index contributed by atoms with van der Waals surface area (Å²) in [5.41, 5.74) is 1.55. The highest BCUT2D eigenvalue weighted by molar-refractivity contribution is 5.31. The average molecular weight is 211 g/mol. The lowest BCUT2D eigenvalue weighted by molar-refractivity contribution is 0.293. The van der Waals surface area contributed by atoms with Crippen molar-refractivity contribution < 1.29 is 4.74 Å². The molecule has 2 aromatic heterocycles. The molecule has 0 aromatic carbocycles. The summed E-state index contributed by atoms with van der Waals surface area (Å²) in [6.07, 6.45) is 4.97. The van der Waals surface area contributed by atoms with Crippen LogP contribution in [0.5, 0.6) is 5.88 Å². The molecule has 0 N–H and O–H groups in total. The molecule has 0 fully saturated rings. The third kappa shape index (κ3) is 2.55. The molecule has 0 bridgehead atoms. The van der Waals surface area contributed by atoms with E-state index in [0.29, 0.717) is 18.1 Å². The van der Waals surface area contributed by atoms with Gasteiger partial charge in [-0.15, -0.1) is 0 Å². The Morgan fingerprint density at radius 2 is 2.00 bits per heavy atom. The summed E-state index contributed by atoms with van der Waals surface area (Å²) in [7, 11) is 0. The van der Waals surface area contributed by atoms with Gasteiger partial charge in [-0.05, 0) is 23.8 Å². The van der Waals surface area contributed by atoms with E-state index < -0.39 is 0 Å². The Bertz CT molecular complexity index is 505. The molecule has 0 atom stereocenters. The van der Waals surface area contributed by atoms with Crippen LogP contribution in [0, 0.1) is 11.3 Å². The first-order valence-corrected chi connectivity index (χ1v) is 4.76. The summed E-state index contributed by atoms with van der Waals surface area (Å²) in [6, 6.07) is 9.02. The van der Waals surface area contributed by atoms with Crippen molar-refractivity contribution in [3.63, 3.8) is 0 Å². The maximum absolute atomic E-state index is 8.71. The van der Waals surface area contributed by atoms with Crippen LogP contribution >= 0.6 is 0 Å². The minimum Gasteiger partial charge on any atom is -0.473 e. The first kappa shape index (κ1) is 10.1. The number of hydrogen-bond donors (Lipinski definition) is 0. The molecule has 2 rings (SSSR count). The van der Waals surface area contributed by atoms with Crippen molar-refractivity contribution in [2.75, 3.05) is 0 Å². The summed E-state index contributed by atoms with van der Waals surface area (Å²) in [5, 5.41) is 8.71. The Kier molecular flexibility index (Phi) is 3.10. The fraction of sp³-hybridized carbons (Fsp3) is 0.0833. The van der Waals surface area contributed by atoms with E-state index in [0.717, 1.165) is 5.56 Å². The van der Waals surface area contributed by atoms with E-state index >= 15 is 0 Å².